The molecule has 3 aromatic rings. The summed E-state index contributed by atoms with van der Waals surface area (Å²) >= 11 is 0. The van der Waals surface area contributed by atoms with Crippen LogP contribution in [0.2, 0.25) is 0 Å². The van der Waals surface area contributed by atoms with Gasteiger partial charge in [-0.2, -0.15) is 13.2 Å². The number of pyridine rings is 1. The van der Waals surface area contributed by atoms with Crippen molar-refractivity contribution in [2.24, 2.45) is 0 Å². The fourth-order valence-electron chi connectivity index (χ4n) is 2.37. The first-order valence-electron chi connectivity index (χ1n) is 8.06. The van der Waals surface area contributed by atoms with E-state index in [2.05, 4.69) is 10.3 Å². The van der Waals surface area contributed by atoms with Gasteiger partial charge < -0.3 is 10.1 Å². The summed E-state index contributed by atoms with van der Waals surface area (Å²) in [6.45, 7) is 0.121. The normalized spacial score (nSPS) is 11.1. The fraction of sp³-hybridized carbons (Fsp3) is 0.100. The first kappa shape index (κ1) is 18.4. The first-order chi connectivity index (χ1) is 12.9. The van der Waals surface area contributed by atoms with E-state index in [1.807, 2.05) is 0 Å². The maximum Gasteiger partial charge on any atom is 0.416 e. The minimum absolute atomic E-state index is 0.0131. The highest BCUT2D eigenvalue weighted by Crippen LogP contribution is 2.32. The number of aromatic nitrogens is 1. The molecule has 138 valence electrons. The lowest BCUT2D eigenvalue weighted by atomic mass is 10.2. The molecule has 0 bridgehead atoms. The van der Waals surface area contributed by atoms with Gasteiger partial charge in [0.1, 0.15) is 5.75 Å². The predicted octanol–water partition coefficient (Wildman–Crippen LogP) is 4.82. The number of rotatable bonds is 5. The standard InChI is InChI=1S/C20H15F3N2O2/c21-20(22,23)16-9-4-10-17(12-16)27-19-15(8-5-11-24-19)13-25-18(26)14-6-2-1-3-7-14/h1-12H,13H2,(H,25,26). The molecule has 0 atom stereocenters. The van der Waals surface area contributed by atoms with E-state index in [4.69, 9.17) is 4.74 Å². The molecule has 0 spiro atoms. The highest BCUT2D eigenvalue weighted by atomic mass is 19.4. The average Bonchev–Trinajstić information content (AvgIpc) is 2.67. The number of ether oxygens (including phenoxy) is 1. The van der Waals surface area contributed by atoms with Crippen LogP contribution in [0.15, 0.2) is 72.9 Å². The fourth-order valence-corrected chi connectivity index (χ4v) is 2.37. The van der Waals surface area contributed by atoms with Gasteiger partial charge in [0, 0.05) is 23.9 Å². The monoisotopic (exact) mass is 372 g/mol. The van der Waals surface area contributed by atoms with Crippen molar-refractivity contribution in [2.45, 2.75) is 12.7 Å². The number of carbonyl (C=O) groups is 1. The molecule has 0 aliphatic heterocycles. The molecule has 0 aliphatic carbocycles. The third-order valence-corrected chi connectivity index (χ3v) is 3.70. The van der Waals surface area contributed by atoms with Gasteiger partial charge in [-0.1, -0.05) is 30.3 Å². The van der Waals surface area contributed by atoms with Gasteiger partial charge >= 0.3 is 6.18 Å². The van der Waals surface area contributed by atoms with Gasteiger partial charge in [-0.05, 0) is 36.4 Å². The number of benzene rings is 2. The van der Waals surface area contributed by atoms with Gasteiger partial charge in [-0.15, -0.1) is 0 Å². The Bertz CT molecular complexity index is 928. The number of alkyl halides is 3. The van der Waals surface area contributed by atoms with Crippen LogP contribution in [0, 0.1) is 0 Å². The molecule has 0 aliphatic rings. The molecule has 0 fully saturated rings. The molecule has 0 unspecified atom stereocenters. The summed E-state index contributed by atoms with van der Waals surface area (Å²) < 4.78 is 44.0. The molecule has 0 saturated carbocycles. The number of carbonyl (C=O) groups excluding carboxylic acids is 1. The number of hydrogen-bond acceptors (Lipinski definition) is 3. The van der Waals surface area contributed by atoms with E-state index in [1.165, 1.54) is 18.3 Å². The molecule has 0 saturated heterocycles. The van der Waals surface area contributed by atoms with Crippen molar-refractivity contribution in [1.82, 2.24) is 10.3 Å². The van der Waals surface area contributed by atoms with Crippen molar-refractivity contribution in [3.05, 3.63) is 89.6 Å². The largest absolute Gasteiger partial charge is 0.439 e. The van der Waals surface area contributed by atoms with Gasteiger partial charge in [0.2, 0.25) is 5.88 Å². The number of amides is 1. The molecule has 1 aromatic heterocycles. The number of nitrogens with one attached hydrogen (secondary N) is 1. The van der Waals surface area contributed by atoms with Crippen molar-refractivity contribution in [3.8, 4) is 11.6 Å². The Morgan fingerprint density at radius 2 is 1.78 bits per heavy atom. The minimum Gasteiger partial charge on any atom is -0.439 e. The molecule has 4 nitrogen and oxygen atoms in total. The Labute approximate surface area is 153 Å². The highest BCUT2D eigenvalue weighted by molar-refractivity contribution is 5.94. The molecule has 1 heterocycles. The van der Waals surface area contributed by atoms with Crippen molar-refractivity contribution in [2.75, 3.05) is 0 Å². The summed E-state index contributed by atoms with van der Waals surface area (Å²) in [5.41, 5.74) is 0.232. The van der Waals surface area contributed by atoms with E-state index in [9.17, 15) is 18.0 Å². The summed E-state index contributed by atoms with van der Waals surface area (Å²) in [5, 5.41) is 2.74. The third-order valence-electron chi connectivity index (χ3n) is 3.70. The topological polar surface area (TPSA) is 51.2 Å². The summed E-state index contributed by atoms with van der Waals surface area (Å²) in [5.74, 6) is -0.131. The Balaban J connectivity index is 1.74. The van der Waals surface area contributed by atoms with Crippen LogP contribution in [0.25, 0.3) is 0 Å². The van der Waals surface area contributed by atoms with E-state index in [0.717, 1.165) is 12.1 Å². The SMILES string of the molecule is O=C(NCc1cccnc1Oc1cccc(C(F)(F)F)c1)c1ccccc1. The van der Waals surface area contributed by atoms with Gasteiger partial charge in [-0.25, -0.2) is 4.98 Å². The van der Waals surface area contributed by atoms with Crippen molar-refractivity contribution >= 4 is 5.91 Å². The lowest BCUT2D eigenvalue weighted by Crippen LogP contribution is -2.23. The van der Waals surface area contributed by atoms with Crippen LogP contribution in [-0.2, 0) is 12.7 Å². The van der Waals surface area contributed by atoms with Crippen LogP contribution in [0.4, 0.5) is 13.2 Å². The zero-order valence-electron chi connectivity index (χ0n) is 14.0. The predicted molar refractivity (Wildman–Crippen MR) is 93.4 cm³/mol. The second kappa shape index (κ2) is 7.90. The van der Waals surface area contributed by atoms with E-state index < -0.39 is 11.7 Å². The quantitative estimate of drug-likeness (QED) is 0.698. The van der Waals surface area contributed by atoms with E-state index in [0.29, 0.717) is 11.1 Å². The molecule has 1 amide bonds. The zero-order chi connectivity index (χ0) is 19.3. The van der Waals surface area contributed by atoms with Gasteiger partial charge in [0.05, 0.1) is 5.56 Å². The maximum atomic E-state index is 12.8. The molecular weight excluding hydrogens is 357 g/mol. The summed E-state index contributed by atoms with van der Waals surface area (Å²) in [6.07, 6.45) is -3.00. The minimum atomic E-state index is -4.46. The van der Waals surface area contributed by atoms with E-state index in [1.54, 1.807) is 42.5 Å². The lowest BCUT2D eigenvalue weighted by Gasteiger charge is -2.12. The summed E-state index contributed by atoms with van der Waals surface area (Å²) in [4.78, 5) is 16.2. The molecule has 3 rings (SSSR count). The van der Waals surface area contributed by atoms with Gasteiger partial charge in [0.25, 0.3) is 5.91 Å². The molecule has 27 heavy (non-hydrogen) atoms. The number of hydrogen-bond donors (Lipinski definition) is 1. The summed E-state index contributed by atoms with van der Waals surface area (Å²) in [6, 6.07) is 16.5. The van der Waals surface area contributed by atoms with Crippen LogP contribution in [0.5, 0.6) is 11.6 Å². The first-order valence-corrected chi connectivity index (χ1v) is 8.06. The van der Waals surface area contributed by atoms with Crippen LogP contribution >= 0.6 is 0 Å². The molecule has 1 N–H and O–H groups in total. The second-order valence-electron chi connectivity index (χ2n) is 5.64. The van der Waals surface area contributed by atoms with E-state index in [-0.39, 0.29) is 24.1 Å². The van der Waals surface area contributed by atoms with Crippen LogP contribution in [-0.4, -0.2) is 10.9 Å². The lowest BCUT2D eigenvalue weighted by molar-refractivity contribution is -0.137. The van der Waals surface area contributed by atoms with Crippen molar-refractivity contribution in [3.63, 3.8) is 0 Å². The maximum absolute atomic E-state index is 12.8. The summed E-state index contributed by atoms with van der Waals surface area (Å²) in [7, 11) is 0. The van der Waals surface area contributed by atoms with Crippen LogP contribution in [0.3, 0.4) is 0 Å². The Morgan fingerprint density at radius 1 is 1.00 bits per heavy atom. The molecule has 7 heteroatoms. The molecular formula is C20H15F3N2O2. The van der Waals surface area contributed by atoms with Crippen molar-refractivity contribution < 1.29 is 22.7 Å². The zero-order valence-corrected chi connectivity index (χ0v) is 14.0. The molecule has 0 radical (unpaired) electrons. The Morgan fingerprint density at radius 3 is 2.52 bits per heavy atom. The smallest absolute Gasteiger partial charge is 0.416 e. The van der Waals surface area contributed by atoms with Crippen LogP contribution in [0.1, 0.15) is 21.5 Å². The third kappa shape index (κ3) is 4.84. The Hall–Kier alpha value is -3.35. The molecule has 2 aromatic carbocycles. The number of halogens is 3. The van der Waals surface area contributed by atoms with Gasteiger partial charge in [-0.3, -0.25) is 4.79 Å². The number of nitrogens with zero attached hydrogens (tertiary/aromatic N) is 1. The van der Waals surface area contributed by atoms with Crippen molar-refractivity contribution in [1.29, 1.82) is 0 Å². The van der Waals surface area contributed by atoms with Gasteiger partial charge in [0.15, 0.2) is 0 Å². The highest BCUT2D eigenvalue weighted by Gasteiger charge is 2.30. The van der Waals surface area contributed by atoms with E-state index >= 15 is 0 Å². The van der Waals surface area contributed by atoms with Crippen LogP contribution < -0.4 is 10.1 Å². The Kier molecular flexibility index (Phi) is 5.40. The second-order valence-corrected chi connectivity index (χ2v) is 5.64. The average molecular weight is 372 g/mol.